The minimum Gasteiger partial charge on any atom is -0.497 e. The predicted octanol–water partition coefficient (Wildman–Crippen LogP) is 2.82. The summed E-state index contributed by atoms with van der Waals surface area (Å²) in [5.41, 5.74) is 0.551. The van der Waals surface area contributed by atoms with Gasteiger partial charge in [0.1, 0.15) is 17.7 Å². The maximum absolute atomic E-state index is 11.2. The fourth-order valence-corrected chi connectivity index (χ4v) is 2.16. The monoisotopic (exact) mass is 399 g/mol. The Labute approximate surface area is 154 Å². The fraction of sp³-hybridized carbons (Fsp3) is 0.385. The van der Waals surface area contributed by atoms with Gasteiger partial charge >= 0.3 is 0 Å². The second-order valence-corrected chi connectivity index (χ2v) is 7.12. The van der Waals surface area contributed by atoms with Crippen LogP contribution in [0.2, 0.25) is 0 Å². The molecule has 0 radical (unpaired) electrons. The molecule has 0 heterocycles. The summed E-state index contributed by atoms with van der Waals surface area (Å²) in [5.74, 6) is 0.770. The lowest BCUT2D eigenvalue weighted by atomic mass is 10.2. The highest BCUT2D eigenvalue weighted by Crippen LogP contribution is 2.30. The van der Waals surface area contributed by atoms with Crippen LogP contribution in [0.25, 0.3) is 0 Å². The lowest BCUT2D eigenvalue weighted by Gasteiger charge is -2.27. The summed E-state index contributed by atoms with van der Waals surface area (Å²) in [6.45, 7) is 1.30. The molecule has 23 heavy (non-hydrogen) atoms. The molecule has 1 aromatic rings. The van der Waals surface area contributed by atoms with E-state index in [1.165, 1.54) is 21.1 Å². The van der Waals surface area contributed by atoms with Crippen LogP contribution in [-0.2, 0) is 4.79 Å². The van der Waals surface area contributed by atoms with Crippen LogP contribution in [0.15, 0.2) is 18.2 Å². The molecule has 1 atom stereocenters. The summed E-state index contributed by atoms with van der Waals surface area (Å²) in [7, 11) is 3.06. The van der Waals surface area contributed by atoms with Gasteiger partial charge in [-0.15, -0.1) is 0 Å². The largest absolute Gasteiger partial charge is 0.497 e. The van der Waals surface area contributed by atoms with Crippen LogP contribution in [0.1, 0.15) is 6.92 Å². The second-order valence-electron chi connectivity index (χ2n) is 4.34. The quantitative estimate of drug-likeness (QED) is 0.401. The number of hydrogen-bond acceptors (Lipinski definition) is 4. The third-order valence-corrected chi connectivity index (χ3v) is 3.48. The Bertz CT molecular complexity index is 581. The third-order valence-electron chi connectivity index (χ3n) is 2.61. The molecule has 0 aromatic heterocycles. The molecule has 1 amide bonds. The van der Waals surface area contributed by atoms with Crippen molar-refractivity contribution in [3.05, 3.63) is 18.2 Å². The van der Waals surface area contributed by atoms with Crippen molar-refractivity contribution in [2.24, 2.45) is 0 Å². The molecule has 0 aliphatic heterocycles. The van der Waals surface area contributed by atoms with E-state index in [-0.39, 0.29) is 11.0 Å². The topological polar surface area (TPSA) is 71.6 Å². The molecule has 0 fully saturated rings. The first-order chi connectivity index (χ1) is 10.7. The number of methoxy groups -OCH3 is 2. The Morgan fingerprint density at radius 1 is 1.22 bits per heavy atom. The van der Waals surface area contributed by atoms with Crippen molar-refractivity contribution in [1.29, 1.82) is 0 Å². The minimum absolute atomic E-state index is 0.127. The maximum atomic E-state index is 11.2. The van der Waals surface area contributed by atoms with E-state index in [4.69, 9.17) is 56.5 Å². The molecule has 3 N–H and O–H groups in total. The lowest BCUT2D eigenvalue weighted by Crippen LogP contribution is -2.55. The maximum Gasteiger partial charge on any atom is 0.228 e. The van der Waals surface area contributed by atoms with Gasteiger partial charge in [-0.3, -0.25) is 4.79 Å². The molecule has 1 rings (SSSR count). The van der Waals surface area contributed by atoms with Crippen molar-refractivity contribution >= 4 is 63.7 Å². The first-order valence-corrected chi connectivity index (χ1v) is 7.85. The van der Waals surface area contributed by atoms with Gasteiger partial charge in [-0.2, -0.15) is 0 Å². The summed E-state index contributed by atoms with van der Waals surface area (Å²) in [6.07, 6.45) is -1.01. The number of halogens is 3. The Morgan fingerprint density at radius 2 is 1.87 bits per heavy atom. The van der Waals surface area contributed by atoms with Crippen molar-refractivity contribution in [2.45, 2.75) is 16.9 Å². The first-order valence-electron chi connectivity index (χ1n) is 6.30. The Morgan fingerprint density at radius 3 is 2.35 bits per heavy atom. The van der Waals surface area contributed by atoms with Crippen LogP contribution < -0.4 is 25.4 Å². The highest BCUT2D eigenvalue weighted by atomic mass is 35.6. The number of alkyl halides is 3. The third kappa shape index (κ3) is 6.47. The van der Waals surface area contributed by atoms with Gasteiger partial charge in [0.2, 0.25) is 9.70 Å². The average Bonchev–Trinajstić information content (AvgIpc) is 2.45. The van der Waals surface area contributed by atoms with Crippen molar-refractivity contribution in [3.8, 4) is 11.5 Å². The average molecular weight is 401 g/mol. The smallest absolute Gasteiger partial charge is 0.228 e. The molecule has 6 nitrogen and oxygen atoms in total. The van der Waals surface area contributed by atoms with Crippen LogP contribution in [0, 0.1) is 0 Å². The Balaban J connectivity index is 2.87. The predicted molar refractivity (Wildman–Crippen MR) is 96.8 cm³/mol. The van der Waals surface area contributed by atoms with E-state index >= 15 is 0 Å². The van der Waals surface area contributed by atoms with Crippen LogP contribution in [0.5, 0.6) is 11.5 Å². The molecule has 0 spiro atoms. The number of nitrogens with one attached hydrogen (secondary N) is 3. The summed E-state index contributed by atoms with van der Waals surface area (Å²) < 4.78 is 8.58. The zero-order valence-electron chi connectivity index (χ0n) is 12.6. The Kier molecular flexibility index (Phi) is 7.47. The van der Waals surface area contributed by atoms with Gasteiger partial charge in [0.05, 0.1) is 19.9 Å². The molecule has 0 bridgehead atoms. The molecular weight excluding hydrogens is 385 g/mol. The van der Waals surface area contributed by atoms with Crippen molar-refractivity contribution in [3.63, 3.8) is 0 Å². The van der Waals surface area contributed by atoms with Crippen LogP contribution in [0.3, 0.4) is 0 Å². The molecule has 0 saturated carbocycles. The van der Waals surface area contributed by atoms with Gasteiger partial charge < -0.3 is 25.4 Å². The number of rotatable bonds is 5. The standard InChI is InChI=1S/C13H16Cl3N3O3S/c1-7(20)17-11(13(14,15)16)19-12(23)18-9-6-8(21-2)4-5-10(9)22-3/h4-6,11H,1-3H3,(H,17,20)(H2,18,19,23)/t11-/m0/s1. The van der Waals surface area contributed by atoms with Crippen LogP contribution >= 0.6 is 47.0 Å². The highest BCUT2D eigenvalue weighted by Gasteiger charge is 2.34. The number of carbonyl (C=O) groups excluding carboxylic acids is 1. The van der Waals surface area contributed by atoms with Crippen molar-refractivity contribution < 1.29 is 14.3 Å². The van der Waals surface area contributed by atoms with E-state index < -0.39 is 9.96 Å². The number of hydrogen-bond donors (Lipinski definition) is 3. The van der Waals surface area contributed by atoms with Crippen molar-refractivity contribution in [1.82, 2.24) is 10.6 Å². The number of carbonyl (C=O) groups is 1. The van der Waals surface area contributed by atoms with Crippen LogP contribution in [-0.4, -0.2) is 35.2 Å². The van der Waals surface area contributed by atoms with E-state index in [1.807, 2.05) is 0 Å². The number of thiocarbonyl (C=S) groups is 1. The normalized spacial score (nSPS) is 12.1. The molecule has 0 aliphatic carbocycles. The van der Waals surface area contributed by atoms with Gasteiger partial charge in [0.25, 0.3) is 0 Å². The van der Waals surface area contributed by atoms with E-state index in [0.29, 0.717) is 17.2 Å². The SMILES string of the molecule is COc1ccc(OC)c(NC(=S)N[C@H](NC(C)=O)C(Cl)(Cl)Cl)c1. The fourth-order valence-electron chi connectivity index (χ4n) is 1.60. The summed E-state index contributed by atoms with van der Waals surface area (Å²) in [4.78, 5) is 11.2. The van der Waals surface area contributed by atoms with Gasteiger partial charge in [-0.05, 0) is 24.4 Å². The summed E-state index contributed by atoms with van der Waals surface area (Å²) in [5, 5.41) is 8.21. The van der Waals surface area contributed by atoms with Gasteiger partial charge in [0.15, 0.2) is 5.11 Å². The molecule has 1 aromatic carbocycles. The zero-order valence-corrected chi connectivity index (χ0v) is 15.7. The number of benzene rings is 1. The molecule has 0 aliphatic rings. The van der Waals surface area contributed by atoms with Gasteiger partial charge in [-0.25, -0.2) is 0 Å². The molecule has 128 valence electrons. The van der Waals surface area contributed by atoms with Crippen LogP contribution in [0.4, 0.5) is 5.69 Å². The minimum atomic E-state index is -1.80. The lowest BCUT2D eigenvalue weighted by molar-refractivity contribution is -0.119. The van der Waals surface area contributed by atoms with Crippen molar-refractivity contribution in [2.75, 3.05) is 19.5 Å². The zero-order chi connectivity index (χ0) is 17.6. The molecule has 0 unspecified atom stereocenters. The first kappa shape index (κ1) is 19.9. The highest BCUT2D eigenvalue weighted by molar-refractivity contribution is 7.80. The van der Waals surface area contributed by atoms with Gasteiger partial charge in [0, 0.05) is 13.0 Å². The van der Waals surface area contributed by atoms with E-state index in [2.05, 4.69) is 16.0 Å². The second kappa shape index (κ2) is 8.63. The molecule has 0 saturated heterocycles. The van der Waals surface area contributed by atoms with E-state index in [9.17, 15) is 4.79 Å². The molecular formula is C13H16Cl3N3O3S. The summed E-state index contributed by atoms with van der Waals surface area (Å²) >= 11 is 22.6. The van der Waals surface area contributed by atoms with Gasteiger partial charge in [-0.1, -0.05) is 34.8 Å². The van der Waals surface area contributed by atoms with E-state index in [1.54, 1.807) is 18.2 Å². The molecule has 10 heteroatoms. The number of amides is 1. The number of ether oxygens (including phenoxy) is 2. The summed E-state index contributed by atoms with van der Waals surface area (Å²) in [6, 6.07) is 5.14. The number of anilines is 1. The van der Waals surface area contributed by atoms with E-state index in [0.717, 1.165) is 0 Å². The Hall–Kier alpha value is -1.15.